The van der Waals surface area contributed by atoms with E-state index in [-0.39, 0.29) is 11.9 Å². The van der Waals surface area contributed by atoms with Gasteiger partial charge in [-0.15, -0.1) is 12.6 Å². The number of nitrogens with zero attached hydrogens (tertiary/aromatic N) is 1. The molecule has 1 aromatic rings. The van der Waals surface area contributed by atoms with Gasteiger partial charge in [0, 0.05) is 23.0 Å². The summed E-state index contributed by atoms with van der Waals surface area (Å²) >= 11 is 7.71. The Balaban J connectivity index is 2.96. The van der Waals surface area contributed by atoms with E-state index in [0.29, 0.717) is 23.6 Å². The summed E-state index contributed by atoms with van der Waals surface area (Å²) in [5.41, 5.74) is 0.617. The Kier molecular flexibility index (Phi) is 6.18. The maximum absolute atomic E-state index is 12.4. The number of methoxy groups -OCH3 is 1. The number of rotatable bonds is 5. The molecular weight excluding hydrogens is 314 g/mol. The molecule has 0 bridgehead atoms. The van der Waals surface area contributed by atoms with E-state index in [1.165, 1.54) is 0 Å². The zero-order valence-electron chi connectivity index (χ0n) is 10.8. The molecule has 1 atom stereocenters. The van der Waals surface area contributed by atoms with Crippen molar-refractivity contribution >= 4 is 34.5 Å². The number of benzene rings is 1. The van der Waals surface area contributed by atoms with Crippen LogP contribution in [0, 0.1) is 0 Å². The summed E-state index contributed by atoms with van der Waals surface area (Å²) in [6.07, 6.45) is 0. The first kappa shape index (κ1) is 15.5. The third-order valence-corrected chi connectivity index (χ3v) is 3.59. The summed E-state index contributed by atoms with van der Waals surface area (Å²) in [6.45, 7) is 5.10. The molecule has 0 aliphatic rings. The van der Waals surface area contributed by atoms with E-state index in [1.807, 2.05) is 26.0 Å². The van der Waals surface area contributed by atoms with Crippen molar-refractivity contribution in [2.75, 3.05) is 20.3 Å². The fraction of sp³-hybridized carbons (Fsp3) is 0.462. The number of carbonyl (C=O) groups is 1. The van der Waals surface area contributed by atoms with E-state index < -0.39 is 0 Å². The Hall–Kier alpha value is -0.520. The molecule has 1 aromatic carbocycles. The number of ether oxygens (including phenoxy) is 1. The molecule has 0 saturated heterocycles. The molecule has 0 heterocycles. The van der Waals surface area contributed by atoms with Crippen LogP contribution in [0.15, 0.2) is 27.6 Å². The van der Waals surface area contributed by atoms with Gasteiger partial charge in [0.25, 0.3) is 5.91 Å². The molecule has 18 heavy (non-hydrogen) atoms. The number of amides is 1. The van der Waals surface area contributed by atoms with Crippen molar-refractivity contribution in [3.8, 4) is 0 Å². The molecule has 0 saturated carbocycles. The first-order valence-electron chi connectivity index (χ1n) is 5.79. The number of hydrogen-bond donors (Lipinski definition) is 1. The van der Waals surface area contributed by atoms with E-state index in [2.05, 4.69) is 28.6 Å². The summed E-state index contributed by atoms with van der Waals surface area (Å²) in [4.78, 5) is 14.9. The molecule has 0 aliphatic heterocycles. The van der Waals surface area contributed by atoms with Gasteiger partial charge < -0.3 is 9.64 Å². The fourth-order valence-electron chi connectivity index (χ4n) is 1.83. The number of halogens is 1. The largest absolute Gasteiger partial charge is 0.383 e. The average molecular weight is 332 g/mol. The maximum Gasteiger partial charge on any atom is 0.255 e. The number of carbonyl (C=O) groups excluding carboxylic acids is 1. The van der Waals surface area contributed by atoms with Crippen LogP contribution in [-0.2, 0) is 4.74 Å². The molecule has 3 nitrogen and oxygen atoms in total. The normalized spacial score (nSPS) is 12.3. The van der Waals surface area contributed by atoms with Crippen molar-refractivity contribution in [2.24, 2.45) is 0 Å². The number of likely N-dealkylation sites (N-methyl/N-ethyl adjacent to an activating group) is 1. The molecule has 0 N–H and O–H groups in total. The maximum atomic E-state index is 12.4. The van der Waals surface area contributed by atoms with Gasteiger partial charge in [0.2, 0.25) is 0 Å². The van der Waals surface area contributed by atoms with Gasteiger partial charge in [-0.25, -0.2) is 0 Å². The minimum Gasteiger partial charge on any atom is -0.383 e. The third-order valence-electron chi connectivity index (χ3n) is 2.73. The highest BCUT2D eigenvalue weighted by Crippen LogP contribution is 2.22. The quantitative estimate of drug-likeness (QED) is 0.839. The standard InChI is InChI=1S/C13H18BrNO2S/c1-4-15(9(2)8-17-3)13(16)11-6-5-10(14)7-12(11)18/h5-7,9,18H,4,8H2,1-3H3. The Labute approximate surface area is 122 Å². The summed E-state index contributed by atoms with van der Waals surface area (Å²) < 4.78 is 6.02. The monoisotopic (exact) mass is 331 g/mol. The zero-order valence-corrected chi connectivity index (χ0v) is 13.3. The van der Waals surface area contributed by atoms with E-state index in [0.717, 1.165) is 4.47 Å². The smallest absolute Gasteiger partial charge is 0.255 e. The van der Waals surface area contributed by atoms with Gasteiger partial charge >= 0.3 is 0 Å². The van der Waals surface area contributed by atoms with Crippen LogP contribution in [0.1, 0.15) is 24.2 Å². The lowest BCUT2D eigenvalue weighted by Gasteiger charge is -2.28. The first-order valence-corrected chi connectivity index (χ1v) is 7.03. The van der Waals surface area contributed by atoms with Gasteiger partial charge in [0.05, 0.1) is 18.2 Å². The van der Waals surface area contributed by atoms with Crippen molar-refractivity contribution in [3.63, 3.8) is 0 Å². The lowest BCUT2D eigenvalue weighted by atomic mass is 10.1. The van der Waals surface area contributed by atoms with Gasteiger partial charge in [-0.05, 0) is 32.0 Å². The molecule has 0 fully saturated rings. The Morgan fingerprint density at radius 1 is 1.56 bits per heavy atom. The topological polar surface area (TPSA) is 29.5 Å². The second kappa shape index (κ2) is 7.16. The van der Waals surface area contributed by atoms with E-state index in [1.54, 1.807) is 18.1 Å². The second-order valence-electron chi connectivity index (χ2n) is 4.06. The van der Waals surface area contributed by atoms with Gasteiger partial charge in [-0.2, -0.15) is 0 Å². The van der Waals surface area contributed by atoms with E-state index in [4.69, 9.17) is 4.74 Å². The van der Waals surface area contributed by atoms with Crippen molar-refractivity contribution in [3.05, 3.63) is 28.2 Å². The van der Waals surface area contributed by atoms with Crippen LogP contribution < -0.4 is 0 Å². The molecule has 0 aliphatic carbocycles. The highest BCUT2D eigenvalue weighted by molar-refractivity contribution is 9.10. The summed E-state index contributed by atoms with van der Waals surface area (Å²) in [5.74, 6) is -0.0143. The summed E-state index contributed by atoms with van der Waals surface area (Å²) in [7, 11) is 1.64. The van der Waals surface area contributed by atoms with Crippen molar-refractivity contribution in [1.82, 2.24) is 4.90 Å². The fourth-order valence-corrected chi connectivity index (χ4v) is 2.67. The number of hydrogen-bond acceptors (Lipinski definition) is 3. The van der Waals surface area contributed by atoms with Crippen molar-refractivity contribution in [2.45, 2.75) is 24.8 Å². The van der Waals surface area contributed by atoms with Gasteiger partial charge in [-0.1, -0.05) is 15.9 Å². The van der Waals surface area contributed by atoms with E-state index >= 15 is 0 Å². The summed E-state index contributed by atoms with van der Waals surface area (Å²) in [6, 6.07) is 5.51. The van der Waals surface area contributed by atoms with Gasteiger partial charge in [0.15, 0.2) is 0 Å². The molecule has 100 valence electrons. The molecule has 1 amide bonds. The molecule has 5 heteroatoms. The second-order valence-corrected chi connectivity index (χ2v) is 5.45. The van der Waals surface area contributed by atoms with Crippen LogP contribution in [0.25, 0.3) is 0 Å². The molecule has 0 radical (unpaired) electrons. The molecule has 0 aromatic heterocycles. The Morgan fingerprint density at radius 3 is 2.72 bits per heavy atom. The Morgan fingerprint density at radius 2 is 2.22 bits per heavy atom. The summed E-state index contributed by atoms with van der Waals surface area (Å²) in [5, 5.41) is 0. The van der Waals surface area contributed by atoms with Gasteiger partial charge in [-0.3, -0.25) is 4.79 Å². The predicted molar refractivity (Wildman–Crippen MR) is 79.4 cm³/mol. The third kappa shape index (κ3) is 3.73. The lowest BCUT2D eigenvalue weighted by molar-refractivity contribution is 0.0576. The first-order chi connectivity index (χ1) is 8.51. The highest BCUT2D eigenvalue weighted by Gasteiger charge is 2.21. The van der Waals surface area contributed by atoms with Crippen LogP contribution in [0.3, 0.4) is 0 Å². The van der Waals surface area contributed by atoms with Crippen LogP contribution in [0.5, 0.6) is 0 Å². The van der Waals surface area contributed by atoms with Crippen LogP contribution in [-0.4, -0.2) is 37.1 Å². The van der Waals surface area contributed by atoms with Gasteiger partial charge in [0.1, 0.15) is 0 Å². The SMILES string of the molecule is CCN(C(=O)c1ccc(Br)cc1S)C(C)COC. The lowest BCUT2D eigenvalue weighted by Crippen LogP contribution is -2.41. The number of thiol groups is 1. The molecule has 0 spiro atoms. The van der Waals surface area contributed by atoms with Crippen LogP contribution >= 0.6 is 28.6 Å². The Bertz CT molecular complexity index is 425. The van der Waals surface area contributed by atoms with Crippen LogP contribution in [0.4, 0.5) is 0 Å². The zero-order chi connectivity index (χ0) is 13.7. The van der Waals surface area contributed by atoms with Crippen LogP contribution in [0.2, 0.25) is 0 Å². The average Bonchev–Trinajstić information content (AvgIpc) is 2.29. The van der Waals surface area contributed by atoms with Crippen molar-refractivity contribution < 1.29 is 9.53 Å². The van der Waals surface area contributed by atoms with Crippen molar-refractivity contribution in [1.29, 1.82) is 0 Å². The van der Waals surface area contributed by atoms with E-state index in [9.17, 15) is 4.79 Å². The molecular formula is C13H18BrNO2S. The minimum atomic E-state index is -0.0143. The predicted octanol–water partition coefficient (Wildman–Crippen LogP) is 3.23. The molecule has 1 rings (SSSR count). The minimum absolute atomic E-state index is 0.0143. The molecule has 1 unspecified atom stereocenters. The highest BCUT2D eigenvalue weighted by atomic mass is 79.9.